The van der Waals surface area contributed by atoms with Gasteiger partial charge in [-0.1, -0.05) is 0 Å². The lowest BCUT2D eigenvalue weighted by atomic mass is 10.2. The summed E-state index contributed by atoms with van der Waals surface area (Å²) in [5, 5.41) is 0. The van der Waals surface area contributed by atoms with Gasteiger partial charge in [0.15, 0.2) is 0 Å². The fraction of sp³-hybridized carbons (Fsp3) is 0.900. The van der Waals surface area contributed by atoms with Crippen molar-refractivity contribution in [1.29, 1.82) is 0 Å². The van der Waals surface area contributed by atoms with Crippen LogP contribution >= 0.6 is 0 Å². The van der Waals surface area contributed by atoms with Crippen molar-refractivity contribution < 1.29 is 23.8 Å². The lowest BCUT2D eigenvalue weighted by molar-refractivity contribution is -0.0888. The minimum absolute atomic E-state index is 0.323. The highest BCUT2D eigenvalue weighted by Gasteiger charge is 2.17. The van der Waals surface area contributed by atoms with Gasteiger partial charge in [-0.3, -0.25) is 4.84 Å². The van der Waals surface area contributed by atoms with Crippen LogP contribution in [0.5, 0.6) is 0 Å². The minimum atomic E-state index is -0.635. The number of hydrogen-bond acceptors (Lipinski definition) is 5. The lowest BCUT2D eigenvalue weighted by Crippen LogP contribution is -2.38. The van der Waals surface area contributed by atoms with Gasteiger partial charge in [-0.2, -0.15) is 5.48 Å². The van der Waals surface area contributed by atoms with E-state index in [4.69, 9.17) is 19.0 Å². The Hall–Kier alpha value is -0.850. The predicted molar refractivity (Wildman–Crippen MR) is 58.0 cm³/mol. The second-order valence-corrected chi connectivity index (χ2v) is 4.25. The first-order valence-electron chi connectivity index (χ1n) is 5.01. The van der Waals surface area contributed by atoms with E-state index in [1.807, 2.05) is 0 Å². The number of amides is 1. The van der Waals surface area contributed by atoms with Crippen LogP contribution in [0.1, 0.15) is 20.8 Å². The third-order valence-corrected chi connectivity index (χ3v) is 1.41. The van der Waals surface area contributed by atoms with E-state index in [-0.39, 0.29) is 6.10 Å². The first-order valence-corrected chi connectivity index (χ1v) is 5.01. The van der Waals surface area contributed by atoms with E-state index >= 15 is 0 Å². The smallest absolute Gasteiger partial charge is 0.431 e. The molecule has 0 heterocycles. The molecule has 0 aliphatic heterocycles. The molecule has 0 aromatic rings. The largest absolute Gasteiger partial charge is 0.442 e. The van der Waals surface area contributed by atoms with Crippen molar-refractivity contribution in [2.45, 2.75) is 32.5 Å². The topological polar surface area (TPSA) is 66.0 Å². The summed E-state index contributed by atoms with van der Waals surface area (Å²) >= 11 is 0. The van der Waals surface area contributed by atoms with E-state index in [2.05, 4.69) is 5.48 Å². The lowest BCUT2D eigenvalue weighted by Gasteiger charge is -2.21. The molecular formula is C10H21NO5. The Morgan fingerprint density at radius 1 is 1.19 bits per heavy atom. The Morgan fingerprint density at radius 3 is 2.06 bits per heavy atom. The summed E-state index contributed by atoms with van der Waals surface area (Å²) in [6.45, 7) is 5.96. The number of carbonyl (C=O) groups excluding carboxylic acids is 1. The Labute approximate surface area is 96.1 Å². The summed E-state index contributed by atoms with van der Waals surface area (Å²) in [5.74, 6) is 0. The van der Waals surface area contributed by atoms with Gasteiger partial charge in [0.1, 0.15) is 11.7 Å². The second kappa shape index (κ2) is 7.43. The van der Waals surface area contributed by atoms with Crippen LogP contribution in [0.4, 0.5) is 4.79 Å². The first-order chi connectivity index (χ1) is 7.39. The molecule has 0 bridgehead atoms. The number of nitrogens with one attached hydrogen (secondary N) is 1. The molecule has 0 aromatic carbocycles. The maximum Gasteiger partial charge on any atom is 0.431 e. The first kappa shape index (κ1) is 15.2. The van der Waals surface area contributed by atoms with E-state index in [1.54, 1.807) is 35.0 Å². The molecule has 6 heteroatoms. The van der Waals surface area contributed by atoms with Gasteiger partial charge in [-0.05, 0) is 20.8 Å². The van der Waals surface area contributed by atoms with Gasteiger partial charge in [0.2, 0.25) is 0 Å². The maximum atomic E-state index is 11.2. The van der Waals surface area contributed by atoms with Crippen LogP contribution in [0.3, 0.4) is 0 Å². The molecule has 0 rings (SSSR count). The van der Waals surface area contributed by atoms with Crippen LogP contribution in [0.15, 0.2) is 0 Å². The molecule has 0 aromatic heterocycles. The predicted octanol–water partition coefficient (Wildman–Crippen LogP) is 1.10. The molecule has 0 fully saturated rings. The van der Waals surface area contributed by atoms with Gasteiger partial charge in [-0.25, -0.2) is 4.79 Å². The average Bonchev–Trinajstić information content (AvgIpc) is 2.12. The molecule has 0 saturated carbocycles. The average molecular weight is 235 g/mol. The summed E-state index contributed by atoms with van der Waals surface area (Å²) in [5.41, 5.74) is 1.64. The van der Waals surface area contributed by atoms with Crippen LogP contribution in [-0.4, -0.2) is 45.2 Å². The fourth-order valence-electron chi connectivity index (χ4n) is 0.918. The van der Waals surface area contributed by atoms with Crippen molar-refractivity contribution in [3.05, 3.63) is 0 Å². The summed E-state index contributed by atoms with van der Waals surface area (Å²) in [4.78, 5) is 16.3. The summed E-state index contributed by atoms with van der Waals surface area (Å²) < 4.78 is 14.8. The number of methoxy groups -OCH3 is 2. The van der Waals surface area contributed by atoms with E-state index in [0.717, 1.165) is 0 Å². The van der Waals surface area contributed by atoms with Gasteiger partial charge < -0.3 is 14.2 Å². The highest BCUT2D eigenvalue weighted by Crippen LogP contribution is 2.06. The van der Waals surface area contributed by atoms with Crippen molar-refractivity contribution >= 4 is 6.09 Å². The summed E-state index contributed by atoms with van der Waals surface area (Å²) in [6.07, 6.45) is -0.993. The number of carbonyl (C=O) groups is 1. The van der Waals surface area contributed by atoms with Crippen LogP contribution in [0.25, 0.3) is 0 Å². The molecule has 0 radical (unpaired) electrons. The minimum Gasteiger partial charge on any atom is -0.442 e. The molecule has 6 nitrogen and oxygen atoms in total. The SMILES string of the molecule is COCC(COC)ONC(=O)OC(C)(C)C. The third kappa shape index (κ3) is 8.46. The quantitative estimate of drug-likeness (QED) is 0.698. The van der Waals surface area contributed by atoms with Crippen molar-refractivity contribution in [1.82, 2.24) is 5.48 Å². The van der Waals surface area contributed by atoms with Crippen LogP contribution in [-0.2, 0) is 19.0 Å². The number of rotatable bonds is 6. The van der Waals surface area contributed by atoms with Crippen LogP contribution in [0.2, 0.25) is 0 Å². The molecule has 1 amide bonds. The standard InChI is InChI=1S/C10H21NO5/c1-10(2,3)15-9(12)11-16-8(6-13-4)7-14-5/h8H,6-7H2,1-5H3,(H,11,12). The van der Waals surface area contributed by atoms with Crippen molar-refractivity contribution in [3.63, 3.8) is 0 Å². The summed E-state index contributed by atoms with van der Waals surface area (Å²) in [7, 11) is 3.08. The van der Waals surface area contributed by atoms with Crippen LogP contribution in [0, 0.1) is 0 Å². The monoisotopic (exact) mass is 235 g/mol. The van der Waals surface area contributed by atoms with Crippen molar-refractivity contribution in [2.75, 3.05) is 27.4 Å². The Morgan fingerprint density at radius 2 is 1.69 bits per heavy atom. The number of hydroxylamine groups is 1. The van der Waals surface area contributed by atoms with Gasteiger partial charge in [-0.15, -0.1) is 0 Å². The van der Waals surface area contributed by atoms with E-state index in [1.165, 1.54) is 0 Å². The molecule has 16 heavy (non-hydrogen) atoms. The molecule has 0 saturated heterocycles. The zero-order chi connectivity index (χ0) is 12.6. The molecular weight excluding hydrogens is 214 g/mol. The number of ether oxygens (including phenoxy) is 3. The van der Waals surface area contributed by atoms with E-state index in [9.17, 15) is 4.79 Å². The van der Waals surface area contributed by atoms with Gasteiger partial charge in [0.25, 0.3) is 0 Å². The zero-order valence-corrected chi connectivity index (χ0v) is 10.5. The maximum absolute atomic E-state index is 11.2. The highest BCUT2D eigenvalue weighted by atomic mass is 16.7. The van der Waals surface area contributed by atoms with Crippen molar-refractivity contribution in [3.8, 4) is 0 Å². The molecule has 0 spiro atoms. The molecule has 96 valence electrons. The van der Waals surface area contributed by atoms with Crippen LogP contribution < -0.4 is 5.48 Å². The third-order valence-electron chi connectivity index (χ3n) is 1.41. The van der Waals surface area contributed by atoms with Gasteiger partial charge >= 0.3 is 6.09 Å². The van der Waals surface area contributed by atoms with Gasteiger partial charge in [0, 0.05) is 14.2 Å². The Balaban J connectivity index is 3.86. The van der Waals surface area contributed by atoms with Crippen molar-refractivity contribution in [2.24, 2.45) is 0 Å². The van der Waals surface area contributed by atoms with E-state index < -0.39 is 11.7 Å². The molecule has 0 aliphatic rings. The molecule has 0 aliphatic carbocycles. The molecule has 0 unspecified atom stereocenters. The second-order valence-electron chi connectivity index (χ2n) is 4.25. The Bertz CT molecular complexity index is 196. The molecule has 1 N–H and O–H groups in total. The normalized spacial score (nSPS) is 11.6. The van der Waals surface area contributed by atoms with E-state index in [0.29, 0.717) is 13.2 Å². The molecule has 0 atom stereocenters. The van der Waals surface area contributed by atoms with Gasteiger partial charge in [0.05, 0.1) is 13.2 Å². The number of hydrogen-bond donors (Lipinski definition) is 1. The fourth-order valence-corrected chi connectivity index (χ4v) is 0.918. The summed E-state index contributed by atoms with van der Waals surface area (Å²) in [6, 6.07) is 0. The zero-order valence-electron chi connectivity index (χ0n) is 10.5. The Kier molecular flexibility index (Phi) is 7.03. The highest BCUT2D eigenvalue weighted by molar-refractivity contribution is 5.66.